The zero-order chi connectivity index (χ0) is 23.2. The van der Waals surface area contributed by atoms with Crippen molar-refractivity contribution >= 4 is 11.8 Å². The van der Waals surface area contributed by atoms with Crippen LogP contribution in [0.4, 0.5) is 13.2 Å². The van der Waals surface area contributed by atoms with Crippen LogP contribution in [0.1, 0.15) is 36.1 Å². The van der Waals surface area contributed by atoms with Gasteiger partial charge in [-0.2, -0.15) is 13.2 Å². The molecule has 1 saturated carbocycles. The SMILES string of the molecule is Cc1ncoc1-c1nnc(SCCCN2CC[C@H]3C[C@@]3(c3cccc(C(F)(F)F)c3)C2)n1C. The minimum absolute atomic E-state index is 0.111. The van der Waals surface area contributed by atoms with Gasteiger partial charge >= 0.3 is 6.18 Å². The van der Waals surface area contributed by atoms with Crippen molar-refractivity contribution in [3.63, 3.8) is 0 Å². The molecule has 0 bridgehead atoms. The van der Waals surface area contributed by atoms with Crippen molar-refractivity contribution in [2.45, 2.75) is 42.9 Å². The van der Waals surface area contributed by atoms with E-state index in [1.807, 2.05) is 24.6 Å². The summed E-state index contributed by atoms with van der Waals surface area (Å²) >= 11 is 1.65. The van der Waals surface area contributed by atoms with E-state index in [2.05, 4.69) is 20.1 Å². The van der Waals surface area contributed by atoms with E-state index in [1.165, 1.54) is 12.5 Å². The predicted molar refractivity (Wildman–Crippen MR) is 119 cm³/mol. The van der Waals surface area contributed by atoms with E-state index < -0.39 is 11.7 Å². The highest BCUT2D eigenvalue weighted by molar-refractivity contribution is 7.99. The van der Waals surface area contributed by atoms with E-state index in [-0.39, 0.29) is 5.41 Å². The fraction of sp³-hybridized carbons (Fsp3) is 0.522. The van der Waals surface area contributed by atoms with Gasteiger partial charge in [0.25, 0.3) is 0 Å². The largest absolute Gasteiger partial charge is 0.440 e. The highest BCUT2D eigenvalue weighted by atomic mass is 32.2. The number of alkyl halides is 3. The summed E-state index contributed by atoms with van der Waals surface area (Å²) in [5.41, 5.74) is 0.966. The number of rotatable bonds is 7. The van der Waals surface area contributed by atoms with Gasteiger partial charge in [0.1, 0.15) is 0 Å². The summed E-state index contributed by atoms with van der Waals surface area (Å²) in [5, 5.41) is 9.34. The molecule has 1 aliphatic heterocycles. The normalized spacial score (nSPS) is 23.0. The van der Waals surface area contributed by atoms with Crippen LogP contribution in [0.2, 0.25) is 0 Å². The van der Waals surface area contributed by atoms with E-state index in [1.54, 1.807) is 17.8 Å². The van der Waals surface area contributed by atoms with Crippen molar-refractivity contribution in [1.29, 1.82) is 0 Å². The Balaban J connectivity index is 1.16. The van der Waals surface area contributed by atoms with Crippen LogP contribution in [0.5, 0.6) is 0 Å². The van der Waals surface area contributed by atoms with Crippen LogP contribution in [0.25, 0.3) is 11.6 Å². The second kappa shape index (κ2) is 8.47. The number of likely N-dealkylation sites (tertiary alicyclic amines) is 1. The molecule has 5 rings (SSSR count). The minimum Gasteiger partial charge on any atom is -0.440 e. The first-order valence-corrected chi connectivity index (χ1v) is 12.1. The molecule has 2 atom stereocenters. The molecule has 3 heterocycles. The van der Waals surface area contributed by atoms with Gasteiger partial charge in [0.2, 0.25) is 5.82 Å². The van der Waals surface area contributed by atoms with Gasteiger partial charge < -0.3 is 13.9 Å². The topological polar surface area (TPSA) is 60.0 Å². The molecule has 0 spiro atoms. The number of hydrogen-bond acceptors (Lipinski definition) is 6. The first kappa shape index (κ1) is 22.5. The van der Waals surface area contributed by atoms with Crippen molar-refractivity contribution in [3.8, 4) is 11.6 Å². The number of aryl methyl sites for hydroxylation is 1. The zero-order valence-electron chi connectivity index (χ0n) is 18.6. The summed E-state index contributed by atoms with van der Waals surface area (Å²) in [7, 11) is 1.91. The Labute approximate surface area is 194 Å². The Morgan fingerprint density at radius 2 is 2.12 bits per heavy atom. The summed E-state index contributed by atoms with van der Waals surface area (Å²) in [5.74, 6) is 2.68. The quantitative estimate of drug-likeness (QED) is 0.355. The lowest BCUT2D eigenvalue weighted by Gasteiger charge is -2.33. The molecule has 0 radical (unpaired) electrons. The van der Waals surface area contributed by atoms with Crippen molar-refractivity contribution in [2.75, 3.05) is 25.4 Å². The zero-order valence-corrected chi connectivity index (χ0v) is 19.4. The number of hydrogen-bond donors (Lipinski definition) is 0. The summed E-state index contributed by atoms with van der Waals surface area (Å²) in [4.78, 5) is 6.52. The van der Waals surface area contributed by atoms with Gasteiger partial charge in [-0.05, 0) is 56.8 Å². The van der Waals surface area contributed by atoms with Crippen LogP contribution in [-0.4, -0.2) is 50.0 Å². The number of nitrogens with zero attached hydrogens (tertiary/aromatic N) is 5. The molecule has 0 unspecified atom stereocenters. The fourth-order valence-electron chi connectivity index (χ4n) is 5.02. The van der Waals surface area contributed by atoms with Gasteiger partial charge in [0, 0.05) is 24.8 Å². The molecule has 1 aromatic carbocycles. The second-order valence-corrected chi connectivity index (χ2v) is 10.1. The molecule has 3 aromatic rings. The summed E-state index contributed by atoms with van der Waals surface area (Å²) < 4.78 is 46.9. The third-order valence-corrected chi connectivity index (χ3v) is 8.04. The maximum atomic E-state index is 13.2. The Kier molecular flexibility index (Phi) is 5.76. The van der Waals surface area contributed by atoms with Crippen LogP contribution in [0.15, 0.2) is 40.2 Å². The Bertz CT molecular complexity index is 1140. The second-order valence-electron chi connectivity index (χ2n) is 9.03. The van der Waals surface area contributed by atoms with E-state index in [9.17, 15) is 13.2 Å². The standard InChI is InChI=1S/C23H26F3N5OS/c1-15-19(32-14-27-15)20-28-29-21(30(20)2)33-10-4-8-31-9-7-18-12-22(18,13-31)16-5-3-6-17(11-16)23(24,25)26/h3,5-6,11,14,18H,4,7-10,12-13H2,1-2H3/t18-,22-/m0/s1. The molecule has 2 fully saturated rings. The molecular weight excluding hydrogens is 451 g/mol. The van der Waals surface area contributed by atoms with Crippen molar-refractivity contribution in [1.82, 2.24) is 24.6 Å². The smallest absolute Gasteiger partial charge is 0.416 e. The Morgan fingerprint density at radius 1 is 1.27 bits per heavy atom. The van der Waals surface area contributed by atoms with Gasteiger partial charge in [-0.15, -0.1) is 10.2 Å². The van der Waals surface area contributed by atoms with Crippen LogP contribution in [-0.2, 0) is 18.6 Å². The average Bonchev–Trinajstić information content (AvgIpc) is 3.22. The molecule has 0 amide bonds. The molecule has 33 heavy (non-hydrogen) atoms. The lowest BCUT2D eigenvalue weighted by Crippen LogP contribution is -2.39. The average molecular weight is 478 g/mol. The molecule has 1 aliphatic carbocycles. The van der Waals surface area contributed by atoms with Crippen LogP contribution < -0.4 is 0 Å². The molecule has 1 saturated heterocycles. The van der Waals surface area contributed by atoms with E-state index >= 15 is 0 Å². The third-order valence-electron chi connectivity index (χ3n) is 6.93. The highest BCUT2D eigenvalue weighted by Gasteiger charge is 2.57. The van der Waals surface area contributed by atoms with Gasteiger partial charge in [0.15, 0.2) is 17.3 Å². The van der Waals surface area contributed by atoms with Gasteiger partial charge in [0.05, 0.1) is 11.3 Å². The monoisotopic (exact) mass is 477 g/mol. The van der Waals surface area contributed by atoms with E-state index in [0.29, 0.717) is 17.5 Å². The number of fused-ring (bicyclic) bond motifs is 1. The number of aromatic nitrogens is 4. The molecule has 2 aromatic heterocycles. The van der Waals surface area contributed by atoms with Gasteiger partial charge in [-0.1, -0.05) is 30.0 Å². The molecule has 2 aliphatic rings. The maximum Gasteiger partial charge on any atom is 0.416 e. The fourth-order valence-corrected chi connectivity index (χ4v) is 5.85. The van der Waals surface area contributed by atoms with E-state index in [4.69, 9.17) is 4.42 Å². The first-order chi connectivity index (χ1) is 15.8. The van der Waals surface area contributed by atoms with E-state index in [0.717, 1.165) is 67.1 Å². The number of benzene rings is 1. The van der Waals surface area contributed by atoms with Gasteiger partial charge in [-0.25, -0.2) is 4.98 Å². The Hall–Kier alpha value is -2.33. The maximum absolute atomic E-state index is 13.2. The highest BCUT2D eigenvalue weighted by Crippen LogP contribution is 2.59. The molecule has 176 valence electrons. The van der Waals surface area contributed by atoms with Crippen LogP contribution in [0, 0.1) is 12.8 Å². The first-order valence-electron chi connectivity index (χ1n) is 11.1. The van der Waals surface area contributed by atoms with Crippen molar-refractivity contribution in [3.05, 3.63) is 47.5 Å². The molecule has 10 heteroatoms. The number of piperidine rings is 1. The van der Waals surface area contributed by atoms with Crippen molar-refractivity contribution in [2.24, 2.45) is 13.0 Å². The molecular formula is C23H26F3N5OS. The lowest BCUT2D eigenvalue weighted by molar-refractivity contribution is -0.137. The van der Waals surface area contributed by atoms with Gasteiger partial charge in [-0.3, -0.25) is 0 Å². The number of oxazole rings is 1. The number of halogens is 3. The predicted octanol–water partition coefficient (Wildman–Crippen LogP) is 4.94. The van der Waals surface area contributed by atoms with Crippen LogP contribution in [0.3, 0.4) is 0 Å². The minimum atomic E-state index is -4.30. The molecule has 0 N–H and O–H groups in total. The summed E-state index contributed by atoms with van der Waals surface area (Å²) in [6.45, 7) is 4.64. The third kappa shape index (κ3) is 4.30. The lowest BCUT2D eigenvalue weighted by atomic mass is 9.88. The number of thioether (sulfide) groups is 1. The van der Waals surface area contributed by atoms with Crippen molar-refractivity contribution < 1.29 is 17.6 Å². The Morgan fingerprint density at radius 3 is 2.88 bits per heavy atom. The summed E-state index contributed by atoms with van der Waals surface area (Å²) in [6.07, 6.45) is 0.113. The van der Waals surface area contributed by atoms with Crippen LogP contribution >= 0.6 is 11.8 Å². The molecule has 6 nitrogen and oxygen atoms in total. The summed E-state index contributed by atoms with van der Waals surface area (Å²) in [6, 6.07) is 5.95.